The molecule has 3 aliphatic rings. The highest BCUT2D eigenvalue weighted by molar-refractivity contribution is 6.74. The normalized spacial score (nSPS) is 26.3. The molecule has 0 aliphatic carbocycles. The van der Waals surface area contributed by atoms with Gasteiger partial charge in [-0.1, -0.05) is 124 Å². The molecule has 494 valence electrons. The Labute approximate surface area is 531 Å². The minimum Gasteiger partial charge on any atom is -0.497 e. The first kappa shape index (κ1) is 72.9. The van der Waals surface area contributed by atoms with E-state index in [9.17, 15) is 15.0 Å². The molecule has 3 heterocycles. The molecule has 88 heavy (non-hydrogen) atoms. The maximum absolute atomic E-state index is 12.1. The van der Waals surface area contributed by atoms with Gasteiger partial charge in [0, 0.05) is 55.4 Å². The maximum Gasteiger partial charge on any atom is 0.327 e. The van der Waals surface area contributed by atoms with Crippen LogP contribution in [0.4, 0.5) is 0 Å². The number of carboxylic acids is 1. The van der Waals surface area contributed by atoms with E-state index in [-0.39, 0.29) is 65.3 Å². The monoisotopic (exact) mass is 1240 g/mol. The van der Waals surface area contributed by atoms with Crippen LogP contribution in [-0.2, 0) is 62.2 Å². The minimum atomic E-state index is -2.34. The van der Waals surface area contributed by atoms with E-state index < -0.39 is 43.7 Å². The lowest BCUT2D eigenvalue weighted by atomic mass is 9.79. The van der Waals surface area contributed by atoms with E-state index in [1.54, 1.807) is 27.4 Å². The predicted octanol–water partition coefficient (Wildman–Crippen LogP) is 16.2. The highest BCUT2D eigenvalue weighted by Crippen LogP contribution is 2.48. The van der Waals surface area contributed by atoms with Crippen molar-refractivity contribution in [2.45, 2.75) is 265 Å². The van der Waals surface area contributed by atoms with E-state index in [1.807, 2.05) is 81.4 Å². The van der Waals surface area contributed by atoms with Crippen molar-refractivity contribution < 1.29 is 66.8 Å². The number of benzene rings is 3. The fourth-order valence-corrected chi connectivity index (χ4v) is 14.1. The number of carbonyl (C=O) groups is 1. The Kier molecular flexibility index (Phi) is 27.3. The molecule has 15 atom stereocenters. The molecule has 3 saturated heterocycles. The van der Waals surface area contributed by atoms with Gasteiger partial charge in [0.05, 0.1) is 95.6 Å². The van der Waals surface area contributed by atoms with Gasteiger partial charge in [0.15, 0.2) is 19.9 Å². The maximum atomic E-state index is 12.1. The number of carboxylic acid groups (broad SMARTS) is 1. The number of aliphatic carboxylic acids is 1. The third kappa shape index (κ3) is 21.2. The Morgan fingerprint density at radius 3 is 1.85 bits per heavy atom. The van der Waals surface area contributed by atoms with Crippen molar-refractivity contribution in [3.05, 3.63) is 114 Å². The average Bonchev–Trinajstić information content (AvgIpc) is 1.17. The number of aliphatic hydroxyl groups excluding tert-OH is 1. The van der Waals surface area contributed by atoms with Crippen LogP contribution in [-0.4, -0.2) is 112 Å². The number of hydrogen-bond donors (Lipinski definition) is 2. The van der Waals surface area contributed by atoms with Crippen molar-refractivity contribution in [1.82, 2.24) is 0 Å². The highest BCUT2D eigenvalue weighted by Gasteiger charge is 2.52. The molecule has 14 nitrogen and oxygen atoms in total. The second-order valence-corrected chi connectivity index (χ2v) is 33.2. The summed E-state index contributed by atoms with van der Waals surface area (Å²) >= 11 is 0. The van der Waals surface area contributed by atoms with Crippen LogP contribution in [0.3, 0.4) is 0 Å². The van der Waals surface area contributed by atoms with Crippen molar-refractivity contribution >= 4 is 14.3 Å². The number of hydrogen-bond acceptors (Lipinski definition) is 13. The lowest BCUT2D eigenvalue weighted by Crippen LogP contribution is -2.57. The van der Waals surface area contributed by atoms with Gasteiger partial charge in [0.2, 0.25) is 0 Å². The van der Waals surface area contributed by atoms with E-state index in [0.717, 1.165) is 78.9 Å². The molecule has 0 unspecified atom stereocenters. The molecule has 0 radical (unpaired) electrons. The summed E-state index contributed by atoms with van der Waals surface area (Å²) in [6.07, 6.45) is 13.6. The van der Waals surface area contributed by atoms with E-state index in [1.165, 1.54) is 6.08 Å². The second kappa shape index (κ2) is 32.9. The van der Waals surface area contributed by atoms with Crippen LogP contribution in [0.15, 0.2) is 97.1 Å². The van der Waals surface area contributed by atoms with E-state index in [2.05, 4.69) is 107 Å². The van der Waals surface area contributed by atoms with Crippen molar-refractivity contribution in [3.8, 4) is 17.2 Å². The Morgan fingerprint density at radius 1 is 0.761 bits per heavy atom. The van der Waals surface area contributed by atoms with Crippen molar-refractivity contribution in [2.75, 3.05) is 21.3 Å². The zero-order valence-electron chi connectivity index (χ0n) is 57.0. The number of allylic oxidation sites excluding steroid dienone is 1. The van der Waals surface area contributed by atoms with Crippen LogP contribution in [0.2, 0.25) is 18.1 Å². The first-order valence-electron chi connectivity index (χ1n) is 32.9. The summed E-state index contributed by atoms with van der Waals surface area (Å²) in [4.78, 5) is 11.8. The third-order valence-corrected chi connectivity index (χ3v) is 24.0. The molecular weight excluding hydrogens is 1130 g/mol. The molecule has 6 rings (SSSR count). The van der Waals surface area contributed by atoms with Crippen LogP contribution in [0.1, 0.15) is 177 Å². The summed E-state index contributed by atoms with van der Waals surface area (Å²) in [7, 11) is 2.66. The zero-order chi connectivity index (χ0) is 64.6. The van der Waals surface area contributed by atoms with Crippen LogP contribution in [0, 0.1) is 35.5 Å². The second-order valence-electron chi connectivity index (χ2n) is 28.4. The van der Waals surface area contributed by atoms with Gasteiger partial charge in [-0.2, -0.15) is 0 Å². The molecule has 3 aliphatic heterocycles. The number of aliphatic hydroxyl groups is 1. The van der Waals surface area contributed by atoms with Crippen LogP contribution >= 0.6 is 0 Å². The molecule has 15 heteroatoms. The molecule has 0 aromatic heterocycles. The first-order valence-corrected chi connectivity index (χ1v) is 35.8. The summed E-state index contributed by atoms with van der Waals surface area (Å²) in [5.74, 6) is -0.271. The Hall–Kier alpha value is -4.13. The van der Waals surface area contributed by atoms with Gasteiger partial charge < -0.3 is 62.0 Å². The quantitative estimate of drug-likeness (QED) is 0.0257. The predicted molar refractivity (Wildman–Crippen MR) is 351 cm³/mol. The number of rotatable bonds is 33. The Morgan fingerprint density at radius 2 is 1.32 bits per heavy atom. The fourth-order valence-electron chi connectivity index (χ4n) is 12.7. The van der Waals surface area contributed by atoms with Crippen molar-refractivity contribution in [1.29, 1.82) is 0 Å². The zero-order valence-corrected chi connectivity index (χ0v) is 58.0. The van der Waals surface area contributed by atoms with Gasteiger partial charge in [-0.15, -0.1) is 0 Å². The van der Waals surface area contributed by atoms with Gasteiger partial charge >= 0.3 is 5.97 Å². The van der Waals surface area contributed by atoms with E-state index in [4.69, 9.17) is 51.8 Å². The lowest BCUT2D eigenvalue weighted by Gasteiger charge is -2.52. The van der Waals surface area contributed by atoms with Crippen LogP contribution in [0.25, 0.3) is 0 Å². The Bertz CT molecular complexity index is 2600. The summed E-state index contributed by atoms with van der Waals surface area (Å²) < 4.78 is 72.6. The highest BCUT2D eigenvalue weighted by atomic mass is 28.4. The molecule has 2 N–H and O–H groups in total. The minimum absolute atomic E-state index is 0.00472. The summed E-state index contributed by atoms with van der Waals surface area (Å²) in [5.41, 5.74) is 2.35. The van der Waals surface area contributed by atoms with Gasteiger partial charge in [-0.05, 0) is 149 Å². The fraction of sp³-hybridized carbons (Fsp3) is 0.685. The van der Waals surface area contributed by atoms with Crippen molar-refractivity contribution in [3.63, 3.8) is 0 Å². The number of ether oxygens (including phenoxy) is 10. The average molecular weight is 1240 g/mol. The van der Waals surface area contributed by atoms with Gasteiger partial charge in [-0.25, -0.2) is 4.79 Å². The number of unbranched alkanes of at least 4 members (excludes halogenated alkanes) is 1. The third-order valence-electron chi connectivity index (χ3n) is 19.5. The van der Waals surface area contributed by atoms with E-state index in [0.29, 0.717) is 57.3 Å². The number of methoxy groups -OCH3 is 3. The Balaban J connectivity index is 1.23. The van der Waals surface area contributed by atoms with Crippen LogP contribution < -0.4 is 14.2 Å². The van der Waals surface area contributed by atoms with Crippen molar-refractivity contribution in [2.24, 2.45) is 35.5 Å². The molecular formula is C73H114O14Si. The topological polar surface area (TPSA) is 159 Å². The van der Waals surface area contributed by atoms with Gasteiger partial charge in [0.25, 0.3) is 0 Å². The lowest BCUT2D eigenvalue weighted by molar-refractivity contribution is -0.349. The summed E-state index contributed by atoms with van der Waals surface area (Å²) in [6, 6.07) is 23.8. The van der Waals surface area contributed by atoms with Gasteiger partial charge in [0.1, 0.15) is 17.2 Å². The molecule has 0 amide bonds. The van der Waals surface area contributed by atoms with Gasteiger partial charge in [-0.3, -0.25) is 0 Å². The largest absolute Gasteiger partial charge is 0.497 e. The SMILES string of the molecule is CC[C@H](C[C@@H]1O[C@@]2(CC[C@@H]1C)C[C@H](O)[C@H](C)[C@H](C[C@@H](O[Si](C)(C)C(C)(C)C)[C@H](/C=C/CCC[C@@](C)(OCc1ccc(OC)cc1)[C@H]1C[C@@H]([C@@H](C)[C@H](OCc3ccc(OC)cc3)[C@@H](C)/C=C/C(=O)O)OC(C)(C)O1)CC(C)C)O2)OCc1ccc(OC)cc1. The van der Waals surface area contributed by atoms with E-state index >= 15 is 0 Å². The smallest absolute Gasteiger partial charge is 0.327 e. The molecule has 0 bridgehead atoms. The molecule has 1 spiro atoms. The molecule has 0 saturated carbocycles. The molecule has 3 fully saturated rings. The summed E-state index contributed by atoms with van der Waals surface area (Å²) in [6.45, 7) is 34.2. The summed E-state index contributed by atoms with van der Waals surface area (Å²) in [5, 5.41) is 21.7. The first-order chi connectivity index (χ1) is 41.5. The van der Waals surface area contributed by atoms with Crippen LogP contribution in [0.5, 0.6) is 17.2 Å². The molecule has 3 aromatic carbocycles. The molecule has 3 aromatic rings. The standard InChI is InChI=1S/C73H114O14Si/c1-19-58(80-46-54-25-31-59(77-14)32-26-54)42-63-50(4)38-40-73(84-63)45-62(74)52(6)64(85-73)43-66(87-88(17,18)70(8,9)10)57(41-49(2)3)23-21-20-22-39-72(13,82-48-56-29-35-61(79-16)36-30-56)67-44-65(83-71(11,12)86-67)53(7)69(51(5)24-37-68(75)76)81-47-55-27-33-60(78-15)34-28-55/h21,23-37,49-53,57-58,62-67,69,74H,19-20,22,38-48H2,1-18H3,(H,75,76)/b23-21+,37-24+/t50-,51-,52-,53+,57+,58+,62-,63-,64-,65-,66+,67+,69+,72+,73+/m0/s1.